The zero-order chi connectivity index (χ0) is 9.61. The second kappa shape index (κ2) is 5.25. The molecule has 0 saturated carbocycles. The fraction of sp³-hybridized carbons (Fsp3) is 0.750. The van der Waals surface area contributed by atoms with Crippen LogP contribution in [0.25, 0.3) is 0 Å². The Morgan fingerprint density at radius 3 is 2.42 bits per heavy atom. The normalized spacial score (nSPS) is 11.2. The third-order valence-corrected chi connectivity index (χ3v) is 2.06. The van der Waals surface area contributed by atoms with Crippen LogP contribution >= 0.6 is 0 Å². The van der Waals surface area contributed by atoms with Crippen molar-refractivity contribution in [1.82, 2.24) is 0 Å². The highest BCUT2D eigenvalue weighted by molar-refractivity contribution is 4.98. The monoisotopic (exact) mass is 165 g/mol. The van der Waals surface area contributed by atoms with E-state index in [0.717, 1.165) is 6.42 Å². The van der Waals surface area contributed by atoms with Crippen molar-refractivity contribution in [1.29, 1.82) is 0 Å². The Morgan fingerprint density at radius 2 is 2.00 bits per heavy atom. The van der Waals surface area contributed by atoms with Crippen molar-refractivity contribution in [3.8, 4) is 11.8 Å². The van der Waals surface area contributed by atoms with Gasteiger partial charge in [0.15, 0.2) is 0 Å². The molecule has 1 unspecified atom stereocenters. The van der Waals surface area contributed by atoms with E-state index in [9.17, 15) is 0 Å². The third-order valence-electron chi connectivity index (χ3n) is 2.06. The van der Waals surface area contributed by atoms with Gasteiger partial charge in [0.25, 0.3) is 0 Å². The summed E-state index contributed by atoms with van der Waals surface area (Å²) >= 11 is 0. The van der Waals surface area contributed by atoms with Gasteiger partial charge in [-0.15, -0.1) is 11.8 Å². The largest absolute Gasteiger partial charge is 0.107 e. The van der Waals surface area contributed by atoms with E-state index in [0.29, 0.717) is 11.3 Å². The van der Waals surface area contributed by atoms with Gasteiger partial charge in [0.1, 0.15) is 0 Å². The molecule has 69 valence electrons. The minimum atomic E-state index is 0.370. The van der Waals surface area contributed by atoms with Gasteiger partial charge in [-0.1, -0.05) is 34.1 Å². The van der Waals surface area contributed by atoms with Gasteiger partial charge in [-0.25, -0.2) is 0 Å². The van der Waals surface area contributed by atoms with Gasteiger partial charge in [0.05, 0.1) is 0 Å². The minimum Gasteiger partial charge on any atom is -0.107 e. The number of hydrogen-bond acceptors (Lipinski definition) is 0. The molecular weight excluding hydrogens is 144 g/mol. The SMILES string of the molecule is [CH2]C(C)CCC(C)(C)CC#CC. The molecule has 0 aliphatic heterocycles. The molecule has 0 aliphatic carbocycles. The molecule has 0 rings (SSSR count). The number of hydrogen-bond donors (Lipinski definition) is 0. The standard InChI is InChI=1S/C12H21/c1-6-7-9-12(4,5)10-8-11(2)3/h11H,2,8-10H2,1,3-5H3. The summed E-state index contributed by atoms with van der Waals surface area (Å²) in [5.41, 5.74) is 0.370. The first-order chi connectivity index (χ1) is 5.48. The fourth-order valence-electron chi connectivity index (χ4n) is 1.05. The molecule has 0 aromatic rings. The van der Waals surface area contributed by atoms with Crippen LogP contribution < -0.4 is 0 Å². The van der Waals surface area contributed by atoms with Gasteiger partial charge in [0.2, 0.25) is 0 Å². The lowest BCUT2D eigenvalue weighted by Gasteiger charge is -2.22. The Balaban J connectivity index is 3.76. The highest BCUT2D eigenvalue weighted by Gasteiger charge is 2.16. The van der Waals surface area contributed by atoms with E-state index < -0.39 is 0 Å². The molecular formula is C12H21. The summed E-state index contributed by atoms with van der Waals surface area (Å²) in [7, 11) is 0. The van der Waals surface area contributed by atoms with Gasteiger partial charge >= 0.3 is 0 Å². The topological polar surface area (TPSA) is 0 Å². The van der Waals surface area contributed by atoms with Crippen LogP contribution in [0, 0.1) is 30.1 Å². The summed E-state index contributed by atoms with van der Waals surface area (Å²) in [6.45, 7) is 12.6. The van der Waals surface area contributed by atoms with Crippen LogP contribution in [0.1, 0.15) is 47.0 Å². The summed E-state index contributed by atoms with van der Waals surface area (Å²) in [4.78, 5) is 0. The Morgan fingerprint density at radius 1 is 1.42 bits per heavy atom. The van der Waals surface area contributed by atoms with Crippen molar-refractivity contribution >= 4 is 0 Å². The molecule has 0 N–H and O–H groups in total. The van der Waals surface area contributed by atoms with E-state index in [2.05, 4.69) is 39.5 Å². The molecule has 0 spiro atoms. The van der Waals surface area contributed by atoms with Crippen LogP contribution in [0.3, 0.4) is 0 Å². The molecule has 1 atom stereocenters. The maximum Gasteiger partial charge on any atom is 0.0140 e. The average Bonchev–Trinajstić information content (AvgIpc) is 1.98. The zero-order valence-corrected chi connectivity index (χ0v) is 8.91. The molecule has 0 bridgehead atoms. The quantitative estimate of drug-likeness (QED) is 0.557. The molecule has 0 aliphatic rings. The molecule has 0 saturated heterocycles. The van der Waals surface area contributed by atoms with Crippen molar-refractivity contribution in [3.05, 3.63) is 6.92 Å². The second-order valence-corrected chi connectivity index (χ2v) is 4.41. The molecule has 0 heterocycles. The van der Waals surface area contributed by atoms with Crippen molar-refractivity contribution in [2.45, 2.75) is 47.0 Å². The second-order valence-electron chi connectivity index (χ2n) is 4.41. The van der Waals surface area contributed by atoms with Crippen molar-refractivity contribution in [2.75, 3.05) is 0 Å². The molecule has 1 radical (unpaired) electrons. The van der Waals surface area contributed by atoms with Gasteiger partial charge < -0.3 is 0 Å². The highest BCUT2D eigenvalue weighted by atomic mass is 14.2. The first-order valence-electron chi connectivity index (χ1n) is 4.70. The van der Waals surface area contributed by atoms with E-state index in [4.69, 9.17) is 0 Å². The predicted molar refractivity (Wildman–Crippen MR) is 55.6 cm³/mol. The van der Waals surface area contributed by atoms with Crippen LogP contribution in [0.15, 0.2) is 0 Å². The van der Waals surface area contributed by atoms with Crippen LogP contribution in [-0.4, -0.2) is 0 Å². The van der Waals surface area contributed by atoms with Crippen molar-refractivity contribution < 1.29 is 0 Å². The molecule has 0 amide bonds. The maximum atomic E-state index is 3.99. The smallest absolute Gasteiger partial charge is 0.0140 e. The maximum absolute atomic E-state index is 3.99. The Labute approximate surface area is 77.8 Å². The van der Waals surface area contributed by atoms with Gasteiger partial charge in [-0.05, 0) is 24.7 Å². The van der Waals surface area contributed by atoms with Crippen molar-refractivity contribution in [2.24, 2.45) is 11.3 Å². The van der Waals surface area contributed by atoms with E-state index in [-0.39, 0.29) is 0 Å². The van der Waals surface area contributed by atoms with Crippen LogP contribution in [0.5, 0.6) is 0 Å². The molecule has 0 aromatic carbocycles. The summed E-state index contributed by atoms with van der Waals surface area (Å²) < 4.78 is 0. The Hall–Kier alpha value is -0.440. The zero-order valence-electron chi connectivity index (χ0n) is 8.91. The Kier molecular flexibility index (Phi) is 5.06. The van der Waals surface area contributed by atoms with Gasteiger partial charge in [-0.3, -0.25) is 0 Å². The average molecular weight is 165 g/mol. The molecule has 0 aromatic heterocycles. The van der Waals surface area contributed by atoms with E-state index >= 15 is 0 Å². The first-order valence-corrected chi connectivity index (χ1v) is 4.70. The molecule has 12 heavy (non-hydrogen) atoms. The van der Waals surface area contributed by atoms with Crippen LogP contribution in [0.4, 0.5) is 0 Å². The predicted octanol–water partition coefficient (Wildman–Crippen LogP) is 3.68. The van der Waals surface area contributed by atoms with Gasteiger partial charge in [-0.2, -0.15) is 0 Å². The number of rotatable bonds is 4. The first kappa shape index (κ1) is 11.6. The lowest BCUT2D eigenvalue weighted by molar-refractivity contribution is 0.319. The lowest BCUT2D eigenvalue weighted by Crippen LogP contribution is -2.11. The molecule has 0 nitrogen and oxygen atoms in total. The summed E-state index contributed by atoms with van der Waals surface area (Å²) in [5, 5.41) is 0. The third kappa shape index (κ3) is 6.28. The summed E-state index contributed by atoms with van der Waals surface area (Å²) in [6, 6.07) is 0. The molecule has 0 fully saturated rings. The highest BCUT2D eigenvalue weighted by Crippen LogP contribution is 2.27. The van der Waals surface area contributed by atoms with Gasteiger partial charge in [0, 0.05) is 6.42 Å². The fourth-order valence-corrected chi connectivity index (χ4v) is 1.05. The minimum absolute atomic E-state index is 0.370. The summed E-state index contributed by atoms with van der Waals surface area (Å²) in [6.07, 6.45) is 3.45. The molecule has 0 heteroatoms. The van der Waals surface area contributed by atoms with Crippen LogP contribution in [-0.2, 0) is 0 Å². The van der Waals surface area contributed by atoms with Crippen molar-refractivity contribution in [3.63, 3.8) is 0 Å². The Bertz CT molecular complexity index is 164. The van der Waals surface area contributed by atoms with E-state index in [1.54, 1.807) is 0 Å². The lowest BCUT2D eigenvalue weighted by atomic mass is 9.83. The summed E-state index contributed by atoms with van der Waals surface area (Å²) in [5.74, 6) is 6.66. The van der Waals surface area contributed by atoms with E-state index in [1.165, 1.54) is 12.8 Å². The van der Waals surface area contributed by atoms with Crippen LogP contribution in [0.2, 0.25) is 0 Å². The van der Waals surface area contributed by atoms with E-state index in [1.807, 2.05) is 6.92 Å².